The average molecular weight is 418 g/mol. The van der Waals surface area contributed by atoms with Gasteiger partial charge in [0.2, 0.25) is 0 Å². The van der Waals surface area contributed by atoms with Gasteiger partial charge in [-0.15, -0.1) is 0 Å². The van der Waals surface area contributed by atoms with Gasteiger partial charge in [-0.3, -0.25) is 0 Å². The summed E-state index contributed by atoms with van der Waals surface area (Å²) in [5.41, 5.74) is 7.55. The van der Waals surface area contributed by atoms with Crippen LogP contribution in [0.2, 0.25) is 5.02 Å². The zero-order valence-electron chi connectivity index (χ0n) is 17.5. The average Bonchev–Trinajstić information content (AvgIpc) is 2.78. The molecule has 0 radical (unpaired) electrons. The van der Waals surface area contributed by atoms with Crippen molar-refractivity contribution in [2.24, 2.45) is 0 Å². The Morgan fingerprint density at radius 3 is 2.67 bits per heavy atom. The Kier molecular flexibility index (Phi) is 6.39. The molecule has 0 unspecified atom stereocenters. The van der Waals surface area contributed by atoms with Crippen LogP contribution in [0.5, 0.6) is 0 Å². The van der Waals surface area contributed by atoms with Gasteiger partial charge in [-0.2, -0.15) is 0 Å². The fourth-order valence-corrected chi connectivity index (χ4v) is 4.26. The topological polar surface area (TPSA) is 37.0 Å². The predicted octanol–water partition coefficient (Wildman–Crippen LogP) is 7.19. The van der Waals surface area contributed by atoms with Crippen molar-refractivity contribution in [1.29, 1.82) is 0 Å². The lowest BCUT2D eigenvalue weighted by molar-refractivity contribution is 0.684. The molecule has 1 aliphatic carbocycles. The van der Waals surface area contributed by atoms with E-state index < -0.39 is 0 Å². The van der Waals surface area contributed by atoms with Gasteiger partial charge in [0.05, 0.1) is 5.69 Å². The highest BCUT2D eigenvalue weighted by Gasteiger charge is 2.19. The maximum absolute atomic E-state index is 6.48. The first-order valence-electron chi connectivity index (χ1n) is 10.7. The van der Waals surface area contributed by atoms with E-state index in [9.17, 15) is 0 Å². The lowest BCUT2D eigenvalue weighted by Gasteiger charge is -2.22. The van der Waals surface area contributed by atoms with Crippen LogP contribution in [0.4, 0.5) is 11.5 Å². The summed E-state index contributed by atoms with van der Waals surface area (Å²) in [6, 6.07) is 18.4. The number of benzene rings is 2. The highest BCUT2D eigenvalue weighted by Crippen LogP contribution is 2.35. The quantitative estimate of drug-likeness (QED) is 0.427. The second-order valence-electron chi connectivity index (χ2n) is 7.76. The van der Waals surface area contributed by atoms with Gasteiger partial charge in [0.15, 0.2) is 0 Å². The Hall–Kier alpha value is -2.78. The van der Waals surface area contributed by atoms with E-state index in [0.29, 0.717) is 0 Å². The van der Waals surface area contributed by atoms with Crippen molar-refractivity contribution < 1.29 is 0 Å². The number of para-hydroxylation sites is 1. The molecule has 0 spiro atoms. The van der Waals surface area contributed by atoms with E-state index in [1.165, 1.54) is 24.0 Å². The normalized spacial score (nSPS) is 12.9. The van der Waals surface area contributed by atoms with Gasteiger partial charge in [-0.05, 0) is 61.4 Å². The fourth-order valence-electron chi connectivity index (χ4n) is 4.02. The number of aryl methyl sites for hydroxylation is 1. The van der Waals surface area contributed by atoms with Crippen LogP contribution in [0.15, 0.2) is 61.2 Å². The Balaban J connectivity index is 1.71. The van der Waals surface area contributed by atoms with Crippen LogP contribution in [0.1, 0.15) is 42.9 Å². The number of nitrogens with one attached hydrogen (secondary N) is 2. The summed E-state index contributed by atoms with van der Waals surface area (Å²) < 4.78 is 0. The van der Waals surface area contributed by atoms with Crippen LogP contribution < -0.4 is 10.6 Å². The molecule has 0 saturated carbocycles. The van der Waals surface area contributed by atoms with E-state index in [2.05, 4.69) is 42.3 Å². The maximum Gasteiger partial charge on any atom is 0.134 e. The summed E-state index contributed by atoms with van der Waals surface area (Å²) >= 11 is 6.48. The van der Waals surface area contributed by atoms with Gasteiger partial charge < -0.3 is 10.6 Å². The number of halogens is 1. The van der Waals surface area contributed by atoms with Crippen molar-refractivity contribution in [3.8, 4) is 11.3 Å². The highest BCUT2D eigenvalue weighted by molar-refractivity contribution is 6.33. The molecule has 2 N–H and O–H groups in total. The first-order chi connectivity index (χ1) is 14.7. The lowest BCUT2D eigenvalue weighted by atomic mass is 9.91. The summed E-state index contributed by atoms with van der Waals surface area (Å²) in [6.45, 7) is 7.44. The molecular formula is C26H28ClN3. The fraction of sp³-hybridized carbons (Fsp3) is 0.269. The minimum Gasteiger partial charge on any atom is -0.385 e. The number of aromatic nitrogens is 1. The Morgan fingerprint density at radius 1 is 1.07 bits per heavy atom. The first-order valence-corrected chi connectivity index (χ1v) is 11.1. The number of anilines is 2. The lowest BCUT2D eigenvalue weighted by Crippen LogP contribution is -2.12. The van der Waals surface area contributed by atoms with Crippen LogP contribution in [0.3, 0.4) is 0 Å². The minimum atomic E-state index is 0.722. The van der Waals surface area contributed by atoms with E-state index >= 15 is 0 Å². The summed E-state index contributed by atoms with van der Waals surface area (Å²) in [5, 5.41) is 7.76. The number of nitrogens with zero attached hydrogens (tertiary/aromatic N) is 1. The second kappa shape index (κ2) is 9.36. The molecule has 2 aromatic carbocycles. The number of pyridine rings is 1. The molecule has 3 aromatic rings. The van der Waals surface area contributed by atoms with Crippen LogP contribution >= 0.6 is 11.6 Å². The van der Waals surface area contributed by atoms with E-state index in [4.69, 9.17) is 16.6 Å². The number of hydrogen-bond donors (Lipinski definition) is 2. The Bertz CT molecular complexity index is 1060. The first kappa shape index (κ1) is 20.5. The molecule has 4 rings (SSSR count). The van der Waals surface area contributed by atoms with Crippen molar-refractivity contribution in [3.63, 3.8) is 0 Å². The van der Waals surface area contributed by atoms with E-state index in [-0.39, 0.29) is 0 Å². The third-order valence-corrected chi connectivity index (χ3v) is 5.91. The molecule has 0 aliphatic heterocycles. The number of rotatable bonds is 7. The molecule has 154 valence electrons. The number of hydrogen-bond acceptors (Lipinski definition) is 3. The van der Waals surface area contributed by atoms with Crippen molar-refractivity contribution >= 4 is 28.8 Å². The molecule has 1 aromatic heterocycles. The van der Waals surface area contributed by atoms with E-state index in [1.54, 1.807) is 0 Å². The van der Waals surface area contributed by atoms with Crippen LogP contribution in [0, 0.1) is 0 Å². The number of fused-ring (bicyclic) bond motifs is 1. The molecule has 0 amide bonds. The highest BCUT2D eigenvalue weighted by atomic mass is 35.5. The van der Waals surface area contributed by atoms with E-state index in [0.717, 1.165) is 64.9 Å². The smallest absolute Gasteiger partial charge is 0.134 e. The maximum atomic E-state index is 6.48. The van der Waals surface area contributed by atoms with Crippen molar-refractivity contribution in [2.45, 2.75) is 39.0 Å². The van der Waals surface area contributed by atoms with Gasteiger partial charge >= 0.3 is 0 Å². The van der Waals surface area contributed by atoms with Crippen molar-refractivity contribution in [3.05, 3.63) is 82.9 Å². The SMILES string of the molecule is C=C(Nc1nc(-c2ccccc2Cl)cc2c1CCCC2)c1ccccc1NCCC. The molecule has 0 saturated heterocycles. The van der Waals surface area contributed by atoms with Gasteiger partial charge in [0, 0.05) is 34.1 Å². The Morgan fingerprint density at radius 2 is 1.83 bits per heavy atom. The Labute approximate surface area is 184 Å². The third-order valence-electron chi connectivity index (χ3n) is 5.58. The molecule has 1 aliphatic rings. The molecule has 1 heterocycles. The van der Waals surface area contributed by atoms with E-state index in [1.807, 2.05) is 36.4 Å². The molecule has 30 heavy (non-hydrogen) atoms. The molecule has 0 fully saturated rings. The zero-order chi connectivity index (χ0) is 20.9. The molecule has 3 nitrogen and oxygen atoms in total. The molecule has 4 heteroatoms. The van der Waals surface area contributed by atoms with Crippen LogP contribution in [-0.4, -0.2) is 11.5 Å². The predicted molar refractivity (Wildman–Crippen MR) is 129 cm³/mol. The molecular weight excluding hydrogens is 390 g/mol. The summed E-state index contributed by atoms with van der Waals surface area (Å²) in [6.07, 6.45) is 5.59. The largest absolute Gasteiger partial charge is 0.385 e. The van der Waals surface area contributed by atoms with Gasteiger partial charge in [-0.25, -0.2) is 4.98 Å². The second-order valence-corrected chi connectivity index (χ2v) is 8.16. The molecule has 0 atom stereocenters. The monoisotopic (exact) mass is 417 g/mol. The third kappa shape index (κ3) is 4.36. The summed E-state index contributed by atoms with van der Waals surface area (Å²) in [7, 11) is 0. The van der Waals surface area contributed by atoms with Crippen molar-refractivity contribution in [2.75, 3.05) is 17.2 Å². The standard InChI is InChI=1S/C26H28ClN3/c1-3-16-28-24-15-9-7-11-20(24)18(2)29-26-21-12-5-4-10-19(21)17-25(30-26)22-13-6-8-14-23(22)27/h6-9,11,13-15,17,28H,2-5,10,12,16H2,1H3,(H,29,30). The molecule has 0 bridgehead atoms. The summed E-state index contributed by atoms with van der Waals surface area (Å²) in [4.78, 5) is 5.00. The minimum absolute atomic E-state index is 0.722. The summed E-state index contributed by atoms with van der Waals surface area (Å²) in [5.74, 6) is 0.900. The van der Waals surface area contributed by atoms with Crippen LogP contribution in [0.25, 0.3) is 17.0 Å². The van der Waals surface area contributed by atoms with Gasteiger partial charge in [0.25, 0.3) is 0 Å². The van der Waals surface area contributed by atoms with Gasteiger partial charge in [-0.1, -0.05) is 61.5 Å². The zero-order valence-corrected chi connectivity index (χ0v) is 18.2. The van der Waals surface area contributed by atoms with Crippen LogP contribution in [-0.2, 0) is 12.8 Å². The van der Waals surface area contributed by atoms with Gasteiger partial charge in [0.1, 0.15) is 5.82 Å². The van der Waals surface area contributed by atoms with Crippen molar-refractivity contribution in [1.82, 2.24) is 4.98 Å².